The Balaban J connectivity index is 1.80. The number of benzene rings is 1. The van der Waals surface area contributed by atoms with E-state index in [9.17, 15) is 5.11 Å². The number of ether oxygens (including phenoxy) is 2. The van der Waals surface area contributed by atoms with E-state index in [1.165, 1.54) is 0 Å². The van der Waals surface area contributed by atoms with Gasteiger partial charge in [0.2, 0.25) is 0 Å². The van der Waals surface area contributed by atoms with Gasteiger partial charge in [0.1, 0.15) is 5.75 Å². The molecular weight excluding hydrogens is 280 g/mol. The average molecular weight is 308 g/mol. The molecule has 0 aromatic heterocycles. The molecule has 1 atom stereocenters. The van der Waals surface area contributed by atoms with E-state index in [0.29, 0.717) is 13.2 Å². The highest BCUT2D eigenvalue weighted by Gasteiger charge is 2.21. The molecule has 0 amide bonds. The zero-order valence-electron chi connectivity index (χ0n) is 13.9. The lowest BCUT2D eigenvalue weighted by Gasteiger charge is -2.37. The maximum Gasteiger partial charge on any atom is 0.142 e. The van der Waals surface area contributed by atoms with Crippen molar-refractivity contribution < 1.29 is 14.6 Å². The number of aliphatic hydroxyl groups is 1. The van der Waals surface area contributed by atoms with Crippen molar-refractivity contribution in [3.63, 3.8) is 0 Å². The van der Waals surface area contributed by atoms with Gasteiger partial charge >= 0.3 is 0 Å². The zero-order valence-corrected chi connectivity index (χ0v) is 13.9. The summed E-state index contributed by atoms with van der Waals surface area (Å²) in [5.74, 6) is 0.918. The summed E-state index contributed by atoms with van der Waals surface area (Å²) in [5.41, 5.74) is 1.15. The maximum atomic E-state index is 10.0. The Morgan fingerprint density at radius 3 is 2.45 bits per heavy atom. The van der Waals surface area contributed by atoms with Gasteiger partial charge in [-0.15, -0.1) is 0 Å². The van der Waals surface area contributed by atoms with E-state index in [4.69, 9.17) is 9.47 Å². The molecule has 1 saturated heterocycles. The van der Waals surface area contributed by atoms with Crippen LogP contribution in [0.4, 0.5) is 5.69 Å². The number of rotatable bonds is 7. The SMILES string of the molecule is COc1ccccc1N1CCN(C[C@H](O)COC(C)C)CC1. The summed E-state index contributed by atoms with van der Waals surface area (Å²) in [7, 11) is 1.71. The van der Waals surface area contributed by atoms with Crippen molar-refractivity contribution in [2.75, 3.05) is 51.3 Å². The summed E-state index contributed by atoms with van der Waals surface area (Å²) < 4.78 is 10.9. The lowest BCUT2D eigenvalue weighted by molar-refractivity contribution is -0.00900. The third-order valence-electron chi connectivity index (χ3n) is 3.89. The summed E-state index contributed by atoms with van der Waals surface area (Å²) >= 11 is 0. The Kier molecular flexibility index (Phi) is 6.49. The standard InChI is InChI=1S/C17H28N2O3/c1-14(2)22-13-15(20)12-18-8-10-19(11-9-18)16-6-4-5-7-17(16)21-3/h4-7,14-15,20H,8-13H2,1-3H3/t15-/m0/s1. The van der Waals surface area contributed by atoms with Crippen molar-refractivity contribution in [1.29, 1.82) is 0 Å². The van der Waals surface area contributed by atoms with E-state index in [1.807, 2.05) is 32.0 Å². The van der Waals surface area contributed by atoms with Crippen molar-refractivity contribution in [3.8, 4) is 5.75 Å². The Labute approximate surface area is 133 Å². The van der Waals surface area contributed by atoms with Gasteiger partial charge in [0.15, 0.2) is 0 Å². The molecule has 1 fully saturated rings. The van der Waals surface area contributed by atoms with Crippen molar-refractivity contribution >= 4 is 5.69 Å². The zero-order chi connectivity index (χ0) is 15.9. The van der Waals surface area contributed by atoms with Crippen LogP contribution in [0.15, 0.2) is 24.3 Å². The smallest absolute Gasteiger partial charge is 0.142 e. The van der Waals surface area contributed by atoms with Crippen molar-refractivity contribution in [3.05, 3.63) is 24.3 Å². The second-order valence-corrected chi connectivity index (χ2v) is 6.00. The molecule has 1 heterocycles. The highest BCUT2D eigenvalue weighted by molar-refractivity contribution is 5.58. The number of methoxy groups -OCH3 is 1. The molecule has 1 aliphatic heterocycles. The van der Waals surface area contributed by atoms with Crippen LogP contribution < -0.4 is 9.64 Å². The molecule has 0 radical (unpaired) electrons. The minimum absolute atomic E-state index is 0.164. The molecule has 124 valence electrons. The second-order valence-electron chi connectivity index (χ2n) is 6.00. The van der Waals surface area contributed by atoms with Crippen LogP contribution in [0.3, 0.4) is 0 Å². The van der Waals surface area contributed by atoms with Gasteiger partial charge < -0.3 is 19.5 Å². The normalized spacial score (nSPS) is 17.8. The van der Waals surface area contributed by atoms with Crippen LogP contribution in [0.1, 0.15) is 13.8 Å². The van der Waals surface area contributed by atoms with Gasteiger partial charge in [-0.25, -0.2) is 0 Å². The van der Waals surface area contributed by atoms with Crippen LogP contribution in [0, 0.1) is 0 Å². The molecule has 1 aliphatic rings. The number of hydrogen-bond donors (Lipinski definition) is 1. The molecule has 0 aliphatic carbocycles. The van der Waals surface area contributed by atoms with Gasteiger partial charge in [-0.05, 0) is 26.0 Å². The molecule has 1 N–H and O–H groups in total. The van der Waals surface area contributed by atoms with E-state index >= 15 is 0 Å². The van der Waals surface area contributed by atoms with Gasteiger partial charge in [-0.2, -0.15) is 0 Å². The van der Waals surface area contributed by atoms with Crippen molar-refractivity contribution in [2.24, 2.45) is 0 Å². The lowest BCUT2D eigenvalue weighted by Crippen LogP contribution is -2.49. The minimum Gasteiger partial charge on any atom is -0.495 e. The van der Waals surface area contributed by atoms with Crippen LogP contribution in [0.5, 0.6) is 5.75 Å². The summed E-state index contributed by atoms with van der Waals surface area (Å²) in [6.07, 6.45) is -0.253. The number of piperazine rings is 1. The summed E-state index contributed by atoms with van der Waals surface area (Å²) in [6, 6.07) is 8.12. The van der Waals surface area contributed by atoms with E-state index in [1.54, 1.807) is 7.11 Å². The Hall–Kier alpha value is -1.30. The van der Waals surface area contributed by atoms with Gasteiger partial charge in [-0.3, -0.25) is 4.90 Å². The quantitative estimate of drug-likeness (QED) is 0.829. The van der Waals surface area contributed by atoms with Gasteiger partial charge in [0.25, 0.3) is 0 Å². The maximum absolute atomic E-state index is 10.0. The largest absolute Gasteiger partial charge is 0.495 e. The first-order chi connectivity index (χ1) is 10.6. The fourth-order valence-electron chi connectivity index (χ4n) is 2.72. The fraction of sp³-hybridized carbons (Fsp3) is 0.647. The monoisotopic (exact) mass is 308 g/mol. The van der Waals surface area contributed by atoms with Gasteiger partial charge in [0, 0.05) is 32.7 Å². The predicted molar refractivity (Wildman–Crippen MR) is 88.7 cm³/mol. The molecule has 0 unspecified atom stereocenters. The Morgan fingerprint density at radius 1 is 1.14 bits per heavy atom. The first-order valence-electron chi connectivity index (χ1n) is 8.00. The summed E-state index contributed by atoms with van der Waals surface area (Å²) in [4.78, 5) is 4.63. The van der Waals surface area contributed by atoms with Gasteiger partial charge in [-0.1, -0.05) is 12.1 Å². The third kappa shape index (κ3) is 4.87. The Morgan fingerprint density at radius 2 is 1.82 bits per heavy atom. The second kappa shape index (κ2) is 8.36. The van der Waals surface area contributed by atoms with E-state index in [0.717, 1.165) is 37.6 Å². The molecule has 1 aromatic carbocycles. The van der Waals surface area contributed by atoms with Crippen LogP contribution in [-0.2, 0) is 4.74 Å². The van der Waals surface area contributed by atoms with Crippen LogP contribution in [0.2, 0.25) is 0 Å². The molecule has 1 aromatic rings. The molecule has 5 heteroatoms. The first-order valence-corrected chi connectivity index (χ1v) is 8.00. The average Bonchev–Trinajstić information content (AvgIpc) is 2.53. The molecule has 0 spiro atoms. The highest BCUT2D eigenvalue weighted by Crippen LogP contribution is 2.28. The van der Waals surface area contributed by atoms with Crippen LogP contribution in [0.25, 0.3) is 0 Å². The third-order valence-corrected chi connectivity index (χ3v) is 3.89. The van der Waals surface area contributed by atoms with Crippen molar-refractivity contribution in [1.82, 2.24) is 4.90 Å². The van der Waals surface area contributed by atoms with Gasteiger partial charge in [0.05, 0.1) is 31.6 Å². The number of hydrogen-bond acceptors (Lipinski definition) is 5. The molecule has 22 heavy (non-hydrogen) atoms. The van der Waals surface area contributed by atoms with E-state index in [2.05, 4.69) is 15.9 Å². The molecule has 5 nitrogen and oxygen atoms in total. The van der Waals surface area contributed by atoms with Crippen molar-refractivity contribution in [2.45, 2.75) is 26.1 Å². The van der Waals surface area contributed by atoms with Crippen LogP contribution in [-0.4, -0.2) is 68.7 Å². The van der Waals surface area contributed by atoms with E-state index in [-0.39, 0.29) is 6.10 Å². The summed E-state index contributed by atoms with van der Waals surface area (Å²) in [5, 5.41) is 10.0. The number of para-hydroxylation sites is 2. The lowest BCUT2D eigenvalue weighted by atomic mass is 10.2. The minimum atomic E-state index is -0.416. The number of β-amino-alcohol motifs (C(OH)–C–C–N with tert-alkyl or cyclic N) is 1. The molecule has 2 rings (SSSR count). The number of nitrogens with zero attached hydrogens (tertiary/aromatic N) is 2. The number of anilines is 1. The number of aliphatic hydroxyl groups excluding tert-OH is 1. The highest BCUT2D eigenvalue weighted by atomic mass is 16.5. The molecule has 0 bridgehead atoms. The predicted octanol–water partition coefficient (Wildman–Crippen LogP) is 1.60. The van der Waals surface area contributed by atoms with E-state index < -0.39 is 6.10 Å². The first kappa shape index (κ1) is 17.1. The topological polar surface area (TPSA) is 45.2 Å². The Bertz CT molecular complexity index is 445. The molecular formula is C17H28N2O3. The van der Waals surface area contributed by atoms with Crippen LogP contribution >= 0.6 is 0 Å². The fourth-order valence-corrected chi connectivity index (χ4v) is 2.72. The molecule has 0 saturated carbocycles. The summed E-state index contributed by atoms with van der Waals surface area (Å²) in [6.45, 7) is 8.82.